The highest BCUT2D eigenvalue weighted by atomic mass is 16.2. The second kappa shape index (κ2) is 5.96. The molecular formula is C17H24N2O. The van der Waals surface area contributed by atoms with E-state index >= 15 is 0 Å². The number of amides is 1. The number of aryl methyl sites for hydroxylation is 1. The normalized spacial score (nSPS) is 23.1. The Kier molecular flexibility index (Phi) is 4.06. The number of nitrogens with one attached hydrogen (secondary N) is 1. The van der Waals surface area contributed by atoms with E-state index in [0.717, 1.165) is 39.0 Å². The van der Waals surface area contributed by atoms with Gasteiger partial charge >= 0.3 is 0 Å². The van der Waals surface area contributed by atoms with Crippen molar-refractivity contribution in [3.05, 3.63) is 34.9 Å². The largest absolute Gasteiger partial charge is 0.342 e. The smallest absolute Gasteiger partial charge is 0.231 e. The van der Waals surface area contributed by atoms with E-state index in [1.807, 2.05) is 0 Å². The van der Waals surface area contributed by atoms with Gasteiger partial charge in [0, 0.05) is 26.2 Å². The topological polar surface area (TPSA) is 32.3 Å². The summed E-state index contributed by atoms with van der Waals surface area (Å²) < 4.78 is 0. The van der Waals surface area contributed by atoms with E-state index in [1.165, 1.54) is 29.5 Å². The third-order valence-corrected chi connectivity index (χ3v) is 4.69. The van der Waals surface area contributed by atoms with Gasteiger partial charge in [-0.2, -0.15) is 0 Å². The van der Waals surface area contributed by atoms with Gasteiger partial charge in [0.1, 0.15) is 0 Å². The Balaban J connectivity index is 1.84. The molecule has 0 spiro atoms. The second-order valence-electron chi connectivity index (χ2n) is 6.07. The van der Waals surface area contributed by atoms with Crippen LogP contribution in [0.15, 0.2) is 18.2 Å². The van der Waals surface area contributed by atoms with Gasteiger partial charge in [0.2, 0.25) is 5.91 Å². The minimum absolute atomic E-state index is 0.0109. The van der Waals surface area contributed by atoms with Crippen molar-refractivity contribution in [1.29, 1.82) is 0 Å². The van der Waals surface area contributed by atoms with E-state index in [0.29, 0.717) is 5.91 Å². The van der Waals surface area contributed by atoms with Crippen LogP contribution in [0.1, 0.15) is 48.3 Å². The van der Waals surface area contributed by atoms with Crippen molar-refractivity contribution in [1.82, 2.24) is 10.2 Å². The van der Waals surface area contributed by atoms with E-state index in [-0.39, 0.29) is 5.92 Å². The molecule has 108 valence electrons. The third kappa shape index (κ3) is 2.59. The maximum Gasteiger partial charge on any atom is 0.231 e. The monoisotopic (exact) mass is 272 g/mol. The number of fused-ring (bicyclic) bond motifs is 1. The minimum atomic E-state index is 0.0109. The molecule has 0 saturated carbocycles. The molecule has 1 aromatic carbocycles. The minimum Gasteiger partial charge on any atom is -0.342 e. The van der Waals surface area contributed by atoms with Crippen molar-refractivity contribution >= 4 is 5.91 Å². The lowest BCUT2D eigenvalue weighted by atomic mass is 9.87. The summed E-state index contributed by atoms with van der Waals surface area (Å²) in [4.78, 5) is 15.0. The molecule has 0 radical (unpaired) electrons. The van der Waals surface area contributed by atoms with E-state index in [2.05, 4.69) is 35.3 Å². The number of hydrogen-bond donors (Lipinski definition) is 1. The van der Waals surface area contributed by atoms with Crippen molar-refractivity contribution in [3.63, 3.8) is 0 Å². The van der Waals surface area contributed by atoms with Crippen LogP contribution in [0.4, 0.5) is 0 Å². The molecule has 0 bridgehead atoms. The number of hydrogen-bond acceptors (Lipinski definition) is 2. The van der Waals surface area contributed by atoms with Gasteiger partial charge in [-0.05, 0) is 36.5 Å². The lowest BCUT2D eigenvalue weighted by Crippen LogP contribution is -2.42. The first kappa shape index (κ1) is 13.6. The van der Waals surface area contributed by atoms with Gasteiger partial charge in [0.15, 0.2) is 0 Å². The average molecular weight is 272 g/mol. The van der Waals surface area contributed by atoms with Crippen molar-refractivity contribution < 1.29 is 4.79 Å². The molecule has 1 saturated heterocycles. The number of benzene rings is 1. The van der Waals surface area contributed by atoms with Gasteiger partial charge < -0.3 is 10.2 Å². The predicted molar refractivity (Wildman–Crippen MR) is 80.7 cm³/mol. The van der Waals surface area contributed by atoms with Crippen molar-refractivity contribution in [3.8, 4) is 0 Å². The summed E-state index contributed by atoms with van der Waals surface area (Å²) in [6.07, 6.45) is 4.85. The zero-order valence-corrected chi connectivity index (χ0v) is 12.3. The Labute approximate surface area is 121 Å². The van der Waals surface area contributed by atoms with Gasteiger partial charge in [-0.1, -0.05) is 31.0 Å². The predicted octanol–water partition coefficient (Wildman–Crippen LogP) is 2.58. The molecular weight excluding hydrogens is 248 g/mol. The van der Waals surface area contributed by atoms with Crippen LogP contribution in [0.2, 0.25) is 0 Å². The molecule has 1 atom stereocenters. The van der Waals surface area contributed by atoms with Gasteiger partial charge in [-0.3, -0.25) is 4.79 Å². The number of carbonyl (C=O) groups excluding carboxylic acids is 1. The molecule has 1 aromatic rings. The van der Waals surface area contributed by atoms with Crippen molar-refractivity contribution in [2.45, 2.75) is 45.1 Å². The molecule has 1 fully saturated rings. The summed E-state index contributed by atoms with van der Waals surface area (Å²) in [7, 11) is 0. The summed E-state index contributed by atoms with van der Waals surface area (Å²) in [5.41, 5.74) is 3.87. The highest BCUT2D eigenvalue weighted by molar-refractivity contribution is 5.85. The van der Waals surface area contributed by atoms with Crippen LogP contribution >= 0.6 is 0 Å². The summed E-state index contributed by atoms with van der Waals surface area (Å²) in [6.45, 7) is 5.70. The molecule has 0 aromatic heterocycles. The summed E-state index contributed by atoms with van der Waals surface area (Å²) in [5, 5.41) is 3.42. The lowest BCUT2D eigenvalue weighted by Gasteiger charge is -2.31. The Hall–Kier alpha value is -1.35. The summed E-state index contributed by atoms with van der Waals surface area (Å²) in [5.74, 6) is 0.336. The van der Waals surface area contributed by atoms with Crippen LogP contribution in [-0.2, 0) is 11.3 Å². The number of nitrogens with zero attached hydrogens (tertiary/aromatic N) is 1. The fraction of sp³-hybridized carbons (Fsp3) is 0.588. The number of carbonyl (C=O) groups is 1. The zero-order chi connectivity index (χ0) is 13.9. The highest BCUT2D eigenvalue weighted by Crippen LogP contribution is 2.28. The molecule has 2 aliphatic rings. The molecule has 20 heavy (non-hydrogen) atoms. The molecule has 0 aliphatic carbocycles. The fourth-order valence-corrected chi connectivity index (χ4v) is 3.48. The molecule has 2 heterocycles. The van der Waals surface area contributed by atoms with Crippen LogP contribution in [0.3, 0.4) is 0 Å². The van der Waals surface area contributed by atoms with Gasteiger partial charge in [-0.25, -0.2) is 0 Å². The Bertz CT molecular complexity index is 490. The van der Waals surface area contributed by atoms with Crippen LogP contribution in [-0.4, -0.2) is 30.4 Å². The van der Waals surface area contributed by atoms with E-state index in [9.17, 15) is 4.79 Å². The van der Waals surface area contributed by atoms with Gasteiger partial charge in [-0.15, -0.1) is 0 Å². The maximum absolute atomic E-state index is 12.9. The first-order valence-electron chi connectivity index (χ1n) is 7.85. The fourth-order valence-electron chi connectivity index (χ4n) is 3.48. The molecule has 1 unspecified atom stereocenters. The van der Waals surface area contributed by atoms with Gasteiger partial charge in [0.05, 0.1) is 5.92 Å². The SMILES string of the molecule is Cc1cccc2c1CNCC2C(=O)N1CCCCCC1. The standard InChI is InChI=1S/C17H24N2O/c1-13-7-6-8-14-15(13)11-18-12-16(14)17(20)19-9-4-2-3-5-10-19/h6-8,16,18H,2-5,9-12H2,1H3. The van der Waals surface area contributed by atoms with E-state index in [4.69, 9.17) is 0 Å². The first-order chi connectivity index (χ1) is 9.77. The maximum atomic E-state index is 12.9. The molecule has 3 nitrogen and oxygen atoms in total. The van der Waals surface area contributed by atoms with Crippen LogP contribution in [0.5, 0.6) is 0 Å². The van der Waals surface area contributed by atoms with Crippen molar-refractivity contribution in [2.24, 2.45) is 0 Å². The molecule has 2 aliphatic heterocycles. The first-order valence-corrected chi connectivity index (χ1v) is 7.85. The average Bonchev–Trinajstić information content (AvgIpc) is 2.75. The van der Waals surface area contributed by atoms with Gasteiger partial charge in [0.25, 0.3) is 0 Å². The van der Waals surface area contributed by atoms with Crippen LogP contribution < -0.4 is 5.32 Å². The Morgan fingerprint density at radius 1 is 1.20 bits per heavy atom. The Morgan fingerprint density at radius 2 is 1.95 bits per heavy atom. The van der Waals surface area contributed by atoms with E-state index < -0.39 is 0 Å². The van der Waals surface area contributed by atoms with E-state index in [1.54, 1.807) is 0 Å². The zero-order valence-electron chi connectivity index (χ0n) is 12.3. The van der Waals surface area contributed by atoms with Crippen molar-refractivity contribution in [2.75, 3.05) is 19.6 Å². The van der Waals surface area contributed by atoms with Crippen LogP contribution in [0, 0.1) is 6.92 Å². The molecule has 1 N–H and O–H groups in total. The second-order valence-corrected chi connectivity index (χ2v) is 6.07. The molecule has 3 rings (SSSR count). The number of rotatable bonds is 1. The molecule has 3 heteroatoms. The number of likely N-dealkylation sites (tertiary alicyclic amines) is 1. The molecule has 1 amide bonds. The third-order valence-electron chi connectivity index (χ3n) is 4.69. The Morgan fingerprint density at radius 3 is 2.70 bits per heavy atom. The summed E-state index contributed by atoms with van der Waals surface area (Å²) in [6, 6.07) is 6.37. The van der Waals surface area contributed by atoms with Crippen LogP contribution in [0.25, 0.3) is 0 Å². The quantitative estimate of drug-likeness (QED) is 0.852. The summed E-state index contributed by atoms with van der Waals surface area (Å²) >= 11 is 0. The lowest BCUT2D eigenvalue weighted by molar-refractivity contribution is -0.132. The highest BCUT2D eigenvalue weighted by Gasteiger charge is 2.30.